The summed E-state index contributed by atoms with van der Waals surface area (Å²) >= 11 is 0. The minimum absolute atomic E-state index is 0.319. The first-order valence-corrected chi connectivity index (χ1v) is 8.47. The molecule has 0 saturated carbocycles. The number of nitrogens with zero attached hydrogens (tertiary/aromatic N) is 2. The second kappa shape index (κ2) is 5.04. The predicted molar refractivity (Wildman–Crippen MR) is 80.5 cm³/mol. The van der Waals surface area contributed by atoms with Gasteiger partial charge in [-0.25, -0.2) is 8.42 Å². The second-order valence-electron chi connectivity index (χ2n) is 5.19. The van der Waals surface area contributed by atoms with Gasteiger partial charge in [-0.15, -0.1) is 0 Å². The molecule has 110 valence electrons. The van der Waals surface area contributed by atoms with Crippen molar-refractivity contribution in [2.75, 3.05) is 6.26 Å². The summed E-state index contributed by atoms with van der Waals surface area (Å²) < 4.78 is 30.5. The van der Waals surface area contributed by atoms with E-state index in [0.29, 0.717) is 17.9 Å². The van der Waals surface area contributed by atoms with E-state index < -0.39 is 10.0 Å². The zero-order valence-corrected chi connectivity index (χ0v) is 12.7. The largest absolute Gasteiger partial charge is 0.463 e. The van der Waals surface area contributed by atoms with Crippen LogP contribution in [-0.2, 0) is 10.0 Å². The third kappa shape index (κ3) is 2.71. The summed E-state index contributed by atoms with van der Waals surface area (Å²) in [6.45, 7) is 2.00. The molecule has 0 bridgehead atoms. The molecule has 2 heterocycles. The molecule has 1 aliphatic rings. The molecule has 3 rings (SSSR count). The molecule has 0 amide bonds. The van der Waals surface area contributed by atoms with Crippen LogP contribution in [0.4, 0.5) is 0 Å². The molecule has 0 N–H and O–H groups in total. The molecule has 2 aromatic rings. The maximum absolute atomic E-state index is 12.0. The SMILES string of the molecule is Cc1ccc([C@H]2CC(c3ccco3)=NN2S(C)(=O)=O)cc1. The van der Waals surface area contributed by atoms with Gasteiger partial charge in [-0.1, -0.05) is 29.8 Å². The van der Waals surface area contributed by atoms with Crippen LogP contribution in [0.5, 0.6) is 0 Å². The Balaban J connectivity index is 2.00. The van der Waals surface area contributed by atoms with E-state index in [0.717, 1.165) is 11.1 Å². The number of sulfonamides is 1. The minimum atomic E-state index is -3.43. The lowest BCUT2D eigenvalue weighted by atomic mass is 10.0. The Kier molecular flexibility index (Phi) is 3.33. The molecule has 5 nitrogen and oxygen atoms in total. The van der Waals surface area contributed by atoms with Gasteiger partial charge in [0.05, 0.1) is 18.6 Å². The monoisotopic (exact) mass is 304 g/mol. The number of hydrogen-bond donors (Lipinski definition) is 0. The standard InChI is InChI=1S/C15H16N2O3S/c1-11-5-7-12(8-6-11)14-10-13(15-4-3-9-20-15)16-17(14)21(2,18)19/h3-9,14H,10H2,1-2H3/t14-/m1/s1. The van der Waals surface area contributed by atoms with Gasteiger partial charge in [0, 0.05) is 6.42 Å². The van der Waals surface area contributed by atoms with Crippen molar-refractivity contribution in [1.82, 2.24) is 4.41 Å². The fourth-order valence-electron chi connectivity index (χ4n) is 2.42. The molecule has 0 aliphatic carbocycles. The van der Waals surface area contributed by atoms with E-state index >= 15 is 0 Å². The van der Waals surface area contributed by atoms with Gasteiger partial charge in [-0.05, 0) is 24.6 Å². The third-order valence-electron chi connectivity index (χ3n) is 3.48. The van der Waals surface area contributed by atoms with E-state index in [2.05, 4.69) is 5.10 Å². The van der Waals surface area contributed by atoms with Gasteiger partial charge in [-0.3, -0.25) is 0 Å². The van der Waals surface area contributed by atoms with Gasteiger partial charge in [0.1, 0.15) is 11.5 Å². The van der Waals surface area contributed by atoms with E-state index in [9.17, 15) is 8.42 Å². The number of rotatable bonds is 3. The van der Waals surface area contributed by atoms with Crippen molar-refractivity contribution < 1.29 is 12.8 Å². The molecule has 6 heteroatoms. The highest BCUT2D eigenvalue weighted by molar-refractivity contribution is 7.88. The number of aryl methyl sites for hydroxylation is 1. The average molecular weight is 304 g/mol. The third-order valence-corrected chi connectivity index (χ3v) is 4.50. The first-order chi connectivity index (χ1) is 9.95. The summed E-state index contributed by atoms with van der Waals surface area (Å²) in [4.78, 5) is 0. The van der Waals surface area contributed by atoms with Crippen molar-refractivity contribution in [3.8, 4) is 0 Å². The van der Waals surface area contributed by atoms with Crippen molar-refractivity contribution in [2.24, 2.45) is 5.10 Å². The molecule has 1 atom stereocenters. The van der Waals surface area contributed by atoms with Crippen LogP contribution in [0.25, 0.3) is 0 Å². The van der Waals surface area contributed by atoms with Crippen molar-refractivity contribution in [3.63, 3.8) is 0 Å². The van der Waals surface area contributed by atoms with Crippen LogP contribution in [0.3, 0.4) is 0 Å². The fourth-order valence-corrected chi connectivity index (χ4v) is 3.33. The van der Waals surface area contributed by atoms with E-state index in [-0.39, 0.29) is 6.04 Å². The van der Waals surface area contributed by atoms with Crippen LogP contribution in [0.1, 0.15) is 29.3 Å². The lowest BCUT2D eigenvalue weighted by Gasteiger charge is -2.21. The van der Waals surface area contributed by atoms with E-state index in [4.69, 9.17) is 4.42 Å². The van der Waals surface area contributed by atoms with Gasteiger partial charge in [0.15, 0.2) is 0 Å². The Morgan fingerprint density at radius 2 is 1.95 bits per heavy atom. The van der Waals surface area contributed by atoms with Gasteiger partial charge < -0.3 is 4.42 Å². The summed E-state index contributed by atoms with van der Waals surface area (Å²) in [6.07, 6.45) is 3.23. The molecule has 0 saturated heterocycles. The second-order valence-corrected chi connectivity index (χ2v) is 7.03. The van der Waals surface area contributed by atoms with E-state index in [1.807, 2.05) is 31.2 Å². The highest BCUT2D eigenvalue weighted by Crippen LogP contribution is 2.34. The lowest BCUT2D eigenvalue weighted by Crippen LogP contribution is -2.25. The van der Waals surface area contributed by atoms with Crippen LogP contribution >= 0.6 is 0 Å². The lowest BCUT2D eigenvalue weighted by molar-refractivity contribution is 0.375. The van der Waals surface area contributed by atoms with Crippen molar-refractivity contribution in [1.29, 1.82) is 0 Å². The molecule has 21 heavy (non-hydrogen) atoms. The summed E-state index contributed by atoms with van der Waals surface area (Å²) in [5.41, 5.74) is 2.71. The summed E-state index contributed by atoms with van der Waals surface area (Å²) in [5, 5.41) is 4.25. The topological polar surface area (TPSA) is 62.9 Å². The summed E-state index contributed by atoms with van der Waals surface area (Å²) in [5.74, 6) is 0.610. The van der Waals surface area contributed by atoms with Crippen LogP contribution in [0.2, 0.25) is 0 Å². The number of furan rings is 1. The molecule has 0 unspecified atom stereocenters. The van der Waals surface area contributed by atoms with Crippen molar-refractivity contribution in [2.45, 2.75) is 19.4 Å². The highest BCUT2D eigenvalue weighted by atomic mass is 32.2. The predicted octanol–water partition coefficient (Wildman–Crippen LogP) is 2.70. The molecule has 0 radical (unpaired) electrons. The smallest absolute Gasteiger partial charge is 0.247 e. The van der Waals surface area contributed by atoms with E-state index in [1.165, 1.54) is 10.7 Å². The maximum atomic E-state index is 12.0. The summed E-state index contributed by atoms with van der Waals surface area (Å²) in [6, 6.07) is 11.1. The summed E-state index contributed by atoms with van der Waals surface area (Å²) in [7, 11) is -3.43. The van der Waals surface area contributed by atoms with Crippen LogP contribution in [-0.4, -0.2) is 24.8 Å². The molecular formula is C15H16N2O3S. The van der Waals surface area contributed by atoms with Crippen LogP contribution in [0, 0.1) is 6.92 Å². The van der Waals surface area contributed by atoms with Gasteiger partial charge in [0.25, 0.3) is 0 Å². The zero-order chi connectivity index (χ0) is 15.0. The molecule has 0 fully saturated rings. The highest BCUT2D eigenvalue weighted by Gasteiger charge is 2.35. The number of hydrogen-bond acceptors (Lipinski definition) is 4. The van der Waals surface area contributed by atoms with Gasteiger partial charge >= 0.3 is 0 Å². The number of hydrazone groups is 1. The Morgan fingerprint density at radius 1 is 1.24 bits per heavy atom. The van der Waals surface area contributed by atoms with Crippen LogP contribution < -0.4 is 0 Å². The molecular weight excluding hydrogens is 288 g/mol. The fraction of sp³-hybridized carbons (Fsp3) is 0.267. The molecule has 1 aliphatic heterocycles. The molecule has 0 spiro atoms. The van der Waals surface area contributed by atoms with Gasteiger partial charge in [0.2, 0.25) is 10.0 Å². The van der Waals surface area contributed by atoms with Crippen molar-refractivity contribution >= 4 is 15.7 Å². The average Bonchev–Trinajstić information content (AvgIpc) is 3.07. The van der Waals surface area contributed by atoms with Gasteiger partial charge in [-0.2, -0.15) is 9.52 Å². The Labute approximate surface area is 123 Å². The van der Waals surface area contributed by atoms with Crippen molar-refractivity contribution in [3.05, 3.63) is 59.5 Å². The zero-order valence-electron chi connectivity index (χ0n) is 11.9. The first kappa shape index (κ1) is 13.9. The van der Waals surface area contributed by atoms with E-state index in [1.54, 1.807) is 18.4 Å². The normalized spacial score (nSPS) is 18.9. The first-order valence-electron chi connectivity index (χ1n) is 6.62. The Morgan fingerprint density at radius 3 is 2.52 bits per heavy atom. The Hall–Kier alpha value is -2.08. The van der Waals surface area contributed by atoms with Crippen LogP contribution in [0.15, 0.2) is 52.2 Å². The minimum Gasteiger partial charge on any atom is -0.463 e. The quantitative estimate of drug-likeness (QED) is 0.876. The maximum Gasteiger partial charge on any atom is 0.247 e. The Bertz CT molecular complexity index is 762. The molecule has 1 aromatic carbocycles. The number of benzene rings is 1. The molecule has 1 aromatic heterocycles.